The molecule has 5 heteroatoms. The lowest BCUT2D eigenvalue weighted by Gasteiger charge is -2.10. The first kappa shape index (κ1) is 13.7. The molecule has 0 bridgehead atoms. The van der Waals surface area contributed by atoms with Crippen molar-refractivity contribution in [1.82, 2.24) is 0 Å². The molecular formula is C9H9BrCl2N2. The Labute approximate surface area is 103 Å². The van der Waals surface area contributed by atoms with E-state index < -0.39 is 0 Å². The van der Waals surface area contributed by atoms with Crippen molar-refractivity contribution < 1.29 is 0 Å². The summed E-state index contributed by atoms with van der Waals surface area (Å²) in [5.74, 6) is 0. The lowest BCUT2D eigenvalue weighted by molar-refractivity contribution is 0.748. The van der Waals surface area contributed by atoms with Crippen LogP contribution in [0.25, 0.3) is 0 Å². The minimum absolute atomic E-state index is 0. The summed E-state index contributed by atoms with van der Waals surface area (Å²) in [6.45, 7) is 0. The molecular weight excluding hydrogens is 287 g/mol. The van der Waals surface area contributed by atoms with Crippen molar-refractivity contribution >= 4 is 39.9 Å². The van der Waals surface area contributed by atoms with E-state index in [9.17, 15) is 0 Å². The number of hydrogen-bond acceptors (Lipinski definition) is 2. The van der Waals surface area contributed by atoms with E-state index in [1.54, 1.807) is 6.07 Å². The Hall–Kier alpha value is -0.270. The fourth-order valence-electron chi connectivity index (χ4n) is 1.01. The quantitative estimate of drug-likeness (QED) is 0.908. The lowest BCUT2D eigenvalue weighted by atomic mass is 10.1. The zero-order chi connectivity index (χ0) is 9.84. The monoisotopic (exact) mass is 294 g/mol. The molecule has 0 aliphatic carbocycles. The van der Waals surface area contributed by atoms with Crippen molar-refractivity contribution in [2.24, 2.45) is 5.73 Å². The minimum Gasteiger partial charge on any atom is -0.323 e. The second-order valence-corrected chi connectivity index (χ2v) is 3.96. The molecule has 0 saturated heterocycles. The van der Waals surface area contributed by atoms with Crippen molar-refractivity contribution in [1.29, 1.82) is 5.26 Å². The van der Waals surface area contributed by atoms with Crippen LogP contribution in [0, 0.1) is 11.3 Å². The number of nitrogens with two attached hydrogens (primary N) is 1. The molecule has 1 atom stereocenters. The van der Waals surface area contributed by atoms with Crippen LogP contribution in [0.4, 0.5) is 0 Å². The number of benzene rings is 1. The van der Waals surface area contributed by atoms with Crippen LogP contribution in [0.1, 0.15) is 18.0 Å². The molecule has 0 spiro atoms. The van der Waals surface area contributed by atoms with Crippen LogP contribution in [-0.2, 0) is 0 Å². The van der Waals surface area contributed by atoms with Crippen LogP contribution < -0.4 is 5.73 Å². The molecule has 2 N–H and O–H groups in total. The predicted molar refractivity (Wildman–Crippen MR) is 63.6 cm³/mol. The molecule has 1 aromatic carbocycles. The van der Waals surface area contributed by atoms with E-state index >= 15 is 0 Å². The van der Waals surface area contributed by atoms with Crippen LogP contribution in [0.2, 0.25) is 5.02 Å². The summed E-state index contributed by atoms with van der Waals surface area (Å²) in [7, 11) is 0. The third-order valence-corrected chi connectivity index (χ3v) is 2.51. The summed E-state index contributed by atoms with van der Waals surface area (Å²) >= 11 is 9.24. The Kier molecular flexibility index (Phi) is 6.14. The van der Waals surface area contributed by atoms with Gasteiger partial charge in [-0.2, -0.15) is 5.26 Å². The third kappa shape index (κ3) is 3.47. The number of nitriles is 1. The van der Waals surface area contributed by atoms with Crippen LogP contribution in [-0.4, -0.2) is 0 Å². The SMILES string of the molecule is Cl.N#CC[C@H](N)c1cc(Br)ccc1Cl. The number of hydrogen-bond donors (Lipinski definition) is 1. The average Bonchev–Trinajstić information content (AvgIpc) is 2.09. The Balaban J connectivity index is 0.00000169. The van der Waals surface area contributed by atoms with Gasteiger partial charge in [-0.05, 0) is 23.8 Å². The summed E-state index contributed by atoms with van der Waals surface area (Å²) in [4.78, 5) is 0. The Bertz CT molecular complexity index is 349. The van der Waals surface area contributed by atoms with Gasteiger partial charge in [-0.15, -0.1) is 12.4 Å². The molecule has 0 saturated carbocycles. The second-order valence-electron chi connectivity index (χ2n) is 2.63. The smallest absolute Gasteiger partial charge is 0.0641 e. The molecule has 0 aromatic heterocycles. The van der Waals surface area contributed by atoms with Gasteiger partial charge in [-0.25, -0.2) is 0 Å². The summed E-state index contributed by atoms with van der Waals surface area (Å²) < 4.78 is 0.917. The zero-order valence-electron chi connectivity index (χ0n) is 7.21. The molecule has 1 rings (SSSR count). The molecule has 0 radical (unpaired) electrons. The topological polar surface area (TPSA) is 49.8 Å². The van der Waals surface area contributed by atoms with E-state index in [1.165, 1.54) is 0 Å². The van der Waals surface area contributed by atoms with Gasteiger partial charge in [0.05, 0.1) is 12.5 Å². The molecule has 76 valence electrons. The molecule has 0 aliphatic rings. The third-order valence-electron chi connectivity index (χ3n) is 1.67. The summed E-state index contributed by atoms with van der Waals surface area (Å²) in [6.07, 6.45) is 0.274. The molecule has 2 nitrogen and oxygen atoms in total. The highest BCUT2D eigenvalue weighted by Crippen LogP contribution is 2.26. The zero-order valence-corrected chi connectivity index (χ0v) is 10.4. The highest BCUT2D eigenvalue weighted by molar-refractivity contribution is 9.10. The minimum atomic E-state index is -0.310. The Morgan fingerprint density at radius 1 is 1.57 bits per heavy atom. The first-order valence-corrected chi connectivity index (χ1v) is 4.89. The van der Waals surface area contributed by atoms with Gasteiger partial charge in [0.2, 0.25) is 0 Å². The fourth-order valence-corrected chi connectivity index (χ4v) is 1.64. The van der Waals surface area contributed by atoms with Crippen LogP contribution in [0.15, 0.2) is 22.7 Å². The van der Waals surface area contributed by atoms with E-state index in [1.807, 2.05) is 18.2 Å². The predicted octanol–water partition coefficient (Wildman–Crippen LogP) is 3.44. The largest absolute Gasteiger partial charge is 0.323 e. The van der Waals surface area contributed by atoms with E-state index in [4.69, 9.17) is 22.6 Å². The van der Waals surface area contributed by atoms with E-state index in [-0.39, 0.29) is 24.9 Å². The Morgan fingerprint density at radius 3 is 2.79 bits per heavy atom. The van der Waals surface area contributed by atoms with Crippen molar-refractivity contribution in [2.75, 3.05) is 0 Å². The second kappa shape index (κ2) is 6.26. The summed E-state index contributed by atoms with van der Waals surface area (Å²) in [6, 6.07) is 7.14. The average molecular weight is 296 g/mol. The van der Waals surface area contributed by atoms with Crippen LogP contribution in [0.3, 0.4) is 0 Å². The molecule has 0 fully saturated rings. The van der Waals surface area contributed by atoms with Gasteiger partial charge in [0.15, 0.2) is 0 Å². The van der Waals surface area contributed by atoms with Gasteiger partial charge < -0.3 is 5.73 Å². The normalized spacial score (nSPS) is 11.3. The van der Waals surface area contributed by atoms with E-state index in [0.29, 0.717) is 5.02 Å². The molecule has 0 aliphatic heterocycles. The van der Waals surface area contributed by atoms with Crippen LogP contribution >= 0.6 is 39.9 Å². The maximum atomic E-state index is 8.47. The number of rotatable bonds is 2. The Morgan fingerprint density at radius 2 is 2.21 bits per heavy atom. The van der Waals surface area contributed by atoms with Crippen LogP contribution in [0.5, 0.6) is 0 Å². The number of nitrogens with zero attached hydrogens (tertiary/aromatic N) is 1. The molecule has 0 heterocycles. The van der Waals surface area contributed by atoms with Gasteiger partial charge >= 0.3 is 0 Å². The fraction of sp³-hybridized carbons (Fsp3) is 0.222. The highest BCUT2D eigenvalue weighted by Gasteiger charge is 2.09. The summed E-state index contributed by atoms with van der Waals surface area (Å²) in [5.41, 5.74) is 6.55. The first-order chi connectivity index (χ1) is 6.15. The maximum absolute atomic E-state index is 8.47. The van der Waals surface area contributed by atoms with Crippen molar-refractivity contribution in [3.8, 4) is 6.07 Å². The van der Waals surface area contributed by atoms with Crippen molar-refractivity contribution in [2.45, 2.75) is 12.5 Å². The van der Waals surface area contributed by atoms with Gasteiger partial charge in [-0.3, -0.25) is 0 Å². The van der Waals surface area contributed by atoms with Gasteiger partial charge in [-0.1, -0.05) is 27.5 Å². The van der Waals surface area contributed by atoms with E-state index in [0.717, 1.165) is 10.0 Å². The highest BCUT2D eigenvalue weighted by atomic mass is 79.9. The van der Waals surface area contributed by atoms with Gasteiger partial charge in [0.1, 0.15) is 0 Å². The van der Waals surface area contributed by atoms with Crippen molar-refractivity contribution in [3.63, 3.8) is 0 Å². The van der Waals surface area contributed by atoms with E-state index in [2.05, 4.69) is 15.9 Å². The molecule has 0 amide bonds. The molecule has 14 heavy (non-hydrogen) atoms. The first-order valence-electron chi connectivity index (χ1n) is 3.72. The molecule has 1 aromatic rings. The lowest BCUT2D eigenvalue weighted by Crippen LogP contribution is -2.09. The summed E-state index contributed by atoms with van der Waals surface area (Å²) in [5, 5.41) is 9.08. The maximum Gasteiger partial charge on any atom is 0.0641 e. The molecule has 0 unspecified atom stereocenters. The number of halogens is 3. The van der Waals surface area contributed by atoms with Gasteiger partial charge in [0, 0.05) is 15.5 Å². The van der Waals surface area contributed by atoms with Gasteiger partial charge in [0.25, 0.3) is 0 Å². The van der Waals surface area contributed by atoms with Crippen molar-refractivity contribution in [3.05, 3.63) is 33.3 Å². The standard InChI is InChI=1S/C9H8BrClN2.ClH/c10-6-1-2-8(11)7(5-6)9(13)3-4-12;/h1-2,5,9H,3,13H2;1H/t9-;/m0./s1.